The molecule has 0 aromatic rings. The number of nitrogens with two attached hydrogens (primary N) is 1. The Kier molecular flexibility index (Phi) is 6.54. The zero-order valence-electron chi connectivity index (χ0n) is 9.99. The van der Waals surface area contributed by atoms with Crippen molar-refractivity contribution in [3.05, 3.63) is 0 Å². The van der Waals surface area contributed by atoms with Crippen molar-refractivity contribution < 1.29 is 13.2 Å². The van der Waals surface area contributed by atoms with E-state index < -0.39 is 16.1 Å². The van der Waals surface area contributed by atoms with Crippen molar-refractivity contribution in [2.24, 2.45) is 5.73 Å². The molecule has 0 rings (SSSR count). The second-order valence-electron chi connectivity index (χ2n) is 3.96. The lowest BCUT2D eigenvalue weighted by Gasteiger charge is -2.15. The average Bonchev–Trinajstić information content (AvgIpc) is 2.13. The number of carbonyl (C=O) groups is 1. The van der Waals surface area contributed by atoms with E-state index in [4.69, 9.17) is 5.73 Å². The molecule has 0 saturated heterocycles. The van der Waals surface area contributed by atoms with Crippen LogP contribution < -0.4 is 15.8 Å². The molecule has 0 spiro atoms. The summed E-state index contributed by atoms with van der Waals surface area (Å²) in [5.41, 5.74) is 5.22. The van der Waals surface area contributed by atoms with Gasteiger partial charge in [-0.3, -0.25) is 4.79 Å². The highest BCUT2D eigenvalue weighted by Gasteiger charge is 2.19. The van der Waals surface area contributed by atoms with E-state index in [9.17, 15) is 13.2 Å². The van der Waals surface area contributed by atoms with E-state index in [2.05, 4.69) is 10.0 Å². The first-order chi connectivity index (χ1) is 7.28. The maximum absolute atomic E-state index is 11.4. The lowest BCUT2D eigenvalue weighted by molar-refractivity contribution is -0.122. The van der Waals surface area contributed by atoms with Crippen LogP contribution >= 0.6 is 0 Å². The van der Waals surface area contributed by atoms with Crippen LogP contribution in [0.1, 0.15) is 27.2 Å². The van der Waals surface area contributed by atoms with E-state index in [-0.39, 0.29) is 17.7 Å². The van der Waals surface area contributed by atoms with Crippen LogP contribution in [0.25, 0.3) is 0 Å². The van der Waals surface area contributed by atoms with E-state index in [1.54, 1.807) is 0 Å². The van der Waals surface area contributed by atoms with Gasteiger partial charge in [0.2, 0.25) is 15.9 Å². The Hall–Kier alpha value is -0.660. The molecular weight excluding hydrogens is 230 g/mol. The predicted octanol–water partition coefficient (Wildman–Crippen LogP) is -0.832. The summed E-state index contributed by atoms with van der Waals surface area (Å²) in [7, 11) is -3.41. The van der Waals surface area contributed by atoms with Gasteiger partial charge in [-0.25, -0.2) is 13.1 Å². The molecule has 16 heavy (non-hydrogen) atoms. The third-order valence-corrected chi connectivity index (χ3v) is 3.34. The minimum atomic E-state index is -3.41. The van der Waals surface area contributed by atoms with E-state index >= 15 is 0 Å². The van der Waals surface area contributed by atoms with E-state index in [0.29, 0.717) is 13.0 Å². The van der Waals surface area contributed by atoms with Gasteiger partial charge in [-0.1, -0.05) is 0 Å². The molecule has 1 unspecified atom stereocenters. The van der Waals surface area contributed by atoms with Gasteiger partial charge >= 0.3 is 0 Å². The molecule has 0 radical (unpaired) electrons. The fourth-order valence-electron chi connectivity index (χ4n) is 1.06. The predicted molar refractivity (Wildman–Crippen MR) is 63.3 cm³/mol. The van der Waals surface area contributed by atoms with Crippen molar-refractivity contribution >= 4 is 15.9 Å². The molecule has 0 heterocycles. The number of carbonyl (C=O) groups excluding carboxylic acids is 1. The molecule has 0 aliphatic heterocycles. The van der Waals surface area contributed by atoms with Gasteiger partial charge in [0.1, 0.15) is 0 Å². The van der Waals surface area contributed by atoms with Crippen molar-refractivity contribution in [3.8, 4) is 0 Å². The van der Waals surface area contributed by atoms with Crippen LogP contribution in [-0.2, 0) is 14.8 Å². The highest BCUT2D eigenvalue weighted by atomic mass is 32.2. The van der Waals surface area contributed by atoms with Crippen LogP contribution in [0.2, 0.25) is 0 Å². The maximum atomic E-state index is 11.4. The average molecular weight is 251 g/mol. The SMILES string of the molecule is CC(C)NC(=O)C(C)NS(=O)(=O)CCCN. The fourth-order valence-corrected chi connectivity index (χ4v) is 2.37. The van der Waals surface area contributed by atoms with Crippen molar-refractivity contribution in [2.45, 2.75) is 39.3 Å². The molecule has 0 aliphatic rings. The molecule has 1 atom stereocenters. The van der Waals surface area contributed by atoms with Gasteiger partial charge in [0.05, 0.1) is 11.8 Å². The second kappa shape index (κ2) is 6.82. The summed E-state index contributed by atoms with van der Waals surface area (Å²) in [6.45, 7) is 5.45. The summed E-state index contributed by atoms with van der Waals surface area (Å²) >= 11 is 0. The second-order valence-corrected chi connectivity index (χ2v) is 5.84. The molecule has 0 aromatic heterocycles. The molecule has 6 nitrogen and oxygen atoms in total. The van der Waals surface area contributed by atoms with Crippen molar-refractivity contribution in [1.29, 1.82) is 0 Å². The summed E-state index contributed by atoms with van der Waals surface area (Å²) in [4.78, 5) is 11.4. The first-order valence-corrected chi connectivity index (χ1v) is 6.94. The van der Waals surface area contributed by atoms with Gasteiger partial charge in [-0.2, -0.15) is 0 Å². The largest absolute Gasteiger partial charge is 0.353 e. The van der Waals surface area contributed by atoms with Crippen molar-refractivity contribution in [1.82, 2.24) is 10.0 Å². The Labute approximate surface area is 97.0 Å². The summed E-state index contributed by atoms with van der Waals surface area (Å²) in [5.74, 6) is -0.380. The number of rotatable bonds is 7. The zero-order valence-corrected chi connectivity index (χ0v) is 10.8. The van der Waals surface area contributed by atoms with E-state index in [0.717, 1.165) is 0 Å². The lowest BCUT2D eigenvalue weighted by atomic mass is 10.3. The fraction of sp³-hybridized carbons (Fsp3) is 0.889. The third kappa shape index (κ3) is 6.76. The van der Waals surface area contributed by atoms with Gasteiger partial charge in [-0.15, -0.1) is 0 Å². The van der Waals surface area contributed by atoms with Crippen LogP contribution in [-0.4, -0.2) is 38.7 Å². The van der Waals surface area contributed by atoms with Crippen LogP contribution in [0.5, 0.6) is 0 Å². The monoisotopic (exact) mass is 251 g/mol. The number of amides is 1. The molecule has 0 bridgehead atoms. The standard InChI is InChI=1S/C9H21N3O3S/c1-7(2)11-9(13)8(3)12-16(14,15)6-4-5-10/h7-8,12H,4-6,10H2,1-3H3,(H,11,13). The smallest absolute Gasteiger partial charge is 0.238 e. The summed E-state index contributed by atoms with van der Waals surface area (Å²) in [5, 5.41) is 2.63. The quantitative estimate of drug-likeness (QED) is 0.549. The highest BCUT2D eigenvalue weighted by Crippen LogP contribution is 1.93. The topological polar surface area (TPSA) is 101 Å². The third-order valence-electron chi connectivity index (χ3n) is 1.80. The Morgan fingerprint density at radius 3 is 2.31 bits per heavy atom. The minimum Gasteiger partial charge on any atom is -0.353 e. The van der Waals surface area contributed by atoms with Gasteiger partial charge < -0.3 is 11.1 Å². The molecule has 0 aromatic carbocycles. The summed E-state index contributed by atoms with van der Waals surface area (Å²) < 4.78 is 25.2. The van der Waals surface area contributed by atoms with E-state index in [1.807, 2.05) is 13.8 Å². The normalized spacial score (nSPS) is 13.8. The van der Waals surface area contributed by atoms with Gasteiger partial charge in [0, 0.05) is 6.04 Å². The summed E-state index contributed by atoms with van der Waals surface area (Å²) in [6, 6.07) is -0.770. The summed E-state index contributed by atoms with van der Waals surface area (Å²) in [6.07, 6.45) is 0.383. The lowest BCUT2D eigenvalue weighted by Crippen LogP contribution is -2.47. The Bertz CT molecular complexity index is 314. The molecule has 4 N–H and O–H groups in total. The zero-order chi connectivity index (χ0) is 12.8. The number of hydrogen-bond donors (Lipinski definition) is 3. The van der Waals surface area contributed by atoms with E-state index in [1.165, 1.54) is 6.92 Å². The van der Waals surface area contributed by atoms with Crippen molar-refractivity contribution in [2.75, 3.05) is 12.3 Å². The highest BCUT2D eigenvalue weighted by molar-refractivity contribution is 7.89. The van der Waals surface area contributed by atoms with Gasteiger partial charge in [0.15, 0.2) is 0 Å². The Morgan fingerprint density at radius 2 is 1.88 bits per heavy atom. The molecule has 7 heteroatoms. The van der Waals surface area contributed by atoms with Gasteiger partial charge in [-0.05, 0) is 33.7 Å². The number of hydrogen-bond acceptors (Lipinski definition) is 4. The number of sulfonamides is 1. The number of nitrogens with one attached hydrogen (secondary N) is 2. The molecule has 96 valence electrons. The first-order valence-electron chi connectivity index (χ1n) is 5.29. The maximum Gasteiger partial charge on any atom is 0.238 e. The molecule has 0 fully saturated rings. The molecular formula is C9H21N3O3S. The molecule has 0 saturated carbocycles. The Morgan fingerprint density at radius 1 is 1.31 bits per heavy atom. The van der Waals surface area contributed by atoms with Crippen LogP contribution in [0.3, 0.4) is 0 Å². The van der Waals surface area contributed by atoms with Crippen LogP contribution in [0.15, 0.2) is 0 Å². The van der Waals surface area contributed by atoms with Crippen LogP contribution in [0.4, 0.5) is 0 Å². The van der Waals surface area contributed by atoms with Gasteiger partial charge in [0.25, 0.3) is 0 Å². The first kappa shape index (κ1) is 15.3. The van der Waals surface area contributed by atoms with Crippen LogP contribution in [0, 0.1) is 0 Å². The molecule has 0 aliphatic carbocycles. The Balaban J connectivity index is 4.22. The minimum absolute atomic E-state index is 0.0107. The van der Waals surface area contributed by atoms with Crippen molar-refractivity contribution in [3.63, 3.8) is 0 Å². The molecule has 1 amide bonds.